The molecule has 3 aromatic rings. The third-order valence-electron chi connectivity index (χ3n) is 8.81. The molecule has 40 heavy (non-hydrogen) atoms. The molecule has 0 N–H and O–H groups in total. The Morgan fingerprint density at radius 1 is 1.10 bits per heavy atom. The third kappa shape index (κ3) is 4.51. The van der Waals surface area contributed by atoms with Crippen LogP contribution in [-0.2, 0) is 41.8 Å². The molecule has 0 bridgehead atoms. The van der Waals surface area contributed by atoms with Crippen molar-refractivity contribution in [2.75, 3.05) is 17.4 Å². The van der Waals surface area contributed by atoms with Crippen molar-refractivity contribution in [1.29, 1.82) is 0 Å². The Labute approximate surface area is 233 Å². The highest BCUT2D eigenvalue weighted by atomic mass is 32.2. The van der Waals surface area contributed by atoms with Crippen molar-refractivity contribution < 1.29 is 21.6 Å². The number of alkyl halides is 3. The number of piperidine rings is 1. The molecule has 214 valence electrons. The van der Waals surface area contributed by atoms with Gasteiger partial charge in [0.05, 0.1) is 28.1 Å². The van der Waals surface area contributed by atoms with Crippen LogP contribution in [0.15, 0.2) is 47.6 Å². The van der Waals surface area contributed by atoms with Gasteiger partial charge < -0.3 is 4.57 Å². The SMILES string of the molecule is CC1CC(c2cccc(N3Cc4c(C(F)(F)F)cc(CN5CCC[C@H](C)C5)cc4S3(=O)=O)c2)(c2nncn2C)C1. The topological polar surface area (TPSA) is 71.3 Å². The first kappa shape index (κ1) is 27.3. The largest absolute Gasteiger partial charge is 0.416 e. The van der Waals surface area contributed by atoms with Crippen LogP contribution in [0.3, 0.4) is 0 Å². The van der Waals surface area contributed by atoms with E-state index in [0.29, 0.717) is 29.6 Å². The van der Waals surface area contributed by atoms with Crippen LogP contribution in [0, 0.1) is 11.8 Å². The number of halogens is 3. The number of fused-ring (bicyclic) bond motifs is 1. The molecule has 3 aliphatic rings. The van der Waals surface area contributed by atoms with E-state index in [4.69, 9.17) is 0 Å². The van der Waals surface area contributed by atoms with E-state index in [9.17, 15) is 21.6 Å². The fourth-order valence-electron chi connectivity index (χ4n) is 7.06. The van der Waals surface area contributed by atoms with E-state index >= 15 is 0 Å². The average molecular weight is 574 g/mol. The Hall–Kier alpha value is -2.92. The molecule has 2 aliphatic heterocycles. The number of hydrogen-bond acceptors (Lipinski definition) is 5. The number of nitrogens with zero attached hydrogens (tertiary/aromatic N) is 5. The van der Waals surface area contributed by atoms with Crippen molar-refractivity contribution in [3.05, 3.63) is 70.8 Å². The zero-order valence-corrected chi connectivity index (χ0v) is 23.8. The van der Waals surface area contributed by atoms with Gasteiger partial charge in [-0.1, -0.05) is 26.0 Å². The monoisotopic (exact) mass is 573 g/mol. The predicted octanol–water partition coefficient (Wildman–Crippen LogP) is 5.49. The van der Waals surface area contributed by atoms with Crippen LogP contribution in [0.2, 0.25) is 0 Å². The molecule has 1 aromatic heterocycles. The molecule has 2 aromatic carbocycles. The summed E-state index contributed by atoms with van der Waals surface area (Å²) in [7, 11) is -2.32. The van der Waals surface area contributed by atoms with Crippen LogP contribution in [0.4, 0.5) is 18.9 Å². The molecular formula is C29H34F3N5O2S. The summed E-state index contributed by atoms with van der Waals surface area (Å²) in [6.07, 6.45) is 0.703. The van der Waals surface area contributed by atoms with Gasteiger partial charge in [0.2, 0.25) is 0 Å². The fraction of sp³-hybridized carbons (Fsp3) is 0.517. The molecule has 6 rings (SSSR count). The lowest BCUT2D eigenvalue weighted by Crippen LogP contribution is -2.43. The zero-order valence-electron chi connectivity index (χ0n) is 22.9. The first-order valence-electron chi connectivity index (χ1n) is 13.8. The van der Waals surface area contributed by atoms with E-state index in [0.717, 1.165) is 60.5 Å². The van der Waals surface area contributed by atoms with Gasteiger partial charge in [0.1, 0.15) is 12.2 Å². The molecular weight excluding hydrogens is 539 g/mol. The maximum atomic E-state index is 14.3. The number of benzene rings is 2. The minimum Gasteiger partial charge on any atom is -0.320 e. The second-order valence-electron chi connectivity index (χ2n) is 12.0. The summed E-state index contributed by atoms with van der Waals surface area (Å²) in [6, 6.07) is 9.77. The minimum absolute atomic E-state index is 0.186. The molecule has 1 atom stereocenters. The first-order chi connectivity index (χ1) is 18.9. The van der Waals surface area contributed by atoms with Crippen molar-refractivity contribution in [2.24, 2.45) is 18.9 Å². The Kier molecular flexibility index (Phi) is 6.53. The molecule has 1 saturated heterocycles. The lowest BCUT2D eigenvalue weighted by atomic mass is 9.58. The summed E-state index contributed by atoms with van der Waals surface area (Å²) in [5.74, 6) is 1.71. The van der Waals surface area contributed by atoms with Gasteiger partial charge >= 0.3 is 6.18 Å². The number of anilines is 1. The van der Waals surface area contributed by atoms with E-state index in [1.54, 1.807) is 24.5 Å². The van der Waals surface area contributed by atoms with Crippen LogP contribution in [-0.4, -0.2) is 41.2 Å². The Balaban J connectivity index is 1.39. The second kappa shape index (κ2) is 9.58. The molecule has 0 spiro atoms. The van der Waals surface area contributed by atoms with Gasteiger partial charge in [-0.05, 0) is 79.5 Å². The molecule has 1 aliphatic carbocycles. The van der Waals surface area contributed by atoms with Gasteiger partial charge in [0.25, 0.3) is 10.0 Å². The molecule has 7 nitrogen and oxygen atoms in total. The molecule has 3 heterocycles. The Morgan fingerprint density at radius 3 is 2.52 bits per heavy atom. The minimum atomic E-state index is -4.67. The molecule has 0 unspecified atom stereocenters. The molecule has 0 radical (unpaired) electrons. The van der Waals surface area contributed by atoms with Gasteiger partial charge in [0.15, 0.2) is 0 Å². The summed E-state index contributed by atoms with van der Waals surface area (Å²) in [4.78, 5) is 1.87. The van der Waals surface area contributed by atoms with Gasteiger partial charge in [-0.2, -0.15) is 13.2 Å². The lowest BCUT2D eigenvalue weighted by molar-refractivity contribution is -0.138. The second-order valence-corrected chi connectivity index (χ2v) is 13.9. The number of aryl methyl sites for hydroxylation is 1. The van der Waals surface area contributed by atoms with Crippen LogP contribution >= 0.6 is 0 Å². The lowest BCUT2D eigenvalue weighted by Gasteiger charge is -2.46. The maximum Gasteiger partial charge on any atom is 0.416 e. The summed E-state index contributed by atoms with van der Waals surface area (Å²) >= 11 is 0. The maximum absolute atomic E-state index is 14.3. The number of likely N-dealkylation sites (tertiary alicyclic amines) is 1. The standard InChI is InChI=1S/C29H34F3N5O2S/c1-19-6-5-9-36(15-19)16-21-10-25(29(30,31)32)24-17-37(40(38,39)26(24)11-21)23-8-4-7-22(12-23)28(13-20(2)14-28)27-34-33-18-35(27)3/h4,7-8,10-12,18-20H,5-6,9,13-17H2,1-3H3/t19-,20?,28?/m0/s1. The fourth-order valence-corrected chi connectivity index (χ4v) is 8.77. The zero-order chi connectivity index (χ0) is 28.4. The van der Waals surface area contributed by atoms with E-state index in [1.807, 2.05) is 17.7 Å². The Morgan fingerprint density at radius 2 is 1.88 bits per heavy atom. The van der Waals surface area contributed by atoms with E-state index in [2.05, 4.69) is 28.9 Å². The van der Waals surface area contributed by atoms with E-state index in [1.165, 1.54) is 6.07 Å². The predicted molar refractivity (Wildman–Crippen MR) is 145 cm³/mol. The van der Waals surface area contributed by atoms with Crippen molar-refractivity contribution >= 4 is 15.7 Å². The van der Waals surface area contributed by atoms with Crippen molar-refractivity contribution in [1.82, 2.24) is 19.7 Å². The van der Waals surface area contributed by atoms with Gasteiger partial charge in [-0.15, -0.1) is 10.2 Å². The number of sulfonamides is 1. The highest BCUT2D eigenvalue weighted by molar-refractivity contribution is 7.93. The highest BCUT2D eigenvalue weighted by Gasteiger charge is 2.49. The summed E-state index contributed by atoms with van der Waals surface area (Å²) in [5.41, 5.74) is 0.150. The molecule has 0 amide bonds. The van der Waals surface area contributed by atoms with Crippen molar-refractivity contribution in [2.45, 2.75) is 69.1 Å². The van der Waals surface area contributed by atoms with Crippen LogP contribution in [0.25, 0.3) is 0 Å². The van der Waals surface area contributed by atoms with E-state index < -0.39 is 27.2 Å². The van der Waals surface area contributed by atoms with Crippen LogP contribution in [0.5, 0.6) is 0 Å². The Bertz CT molecular complexity index is 1550. The van der Waals surface area contributed by atoms with Gasteiger partial charge in [-0.25, -0.2) is 8.42 Å². The number of hydrogen-bond donors (Lipinski definition) is 0. The smallest absolute Gasteiger partial charge is 0.320 e. The average Bonchev–Trinajstić information content (AvgIpc) is 3.41. The highest BCUT2D eigenvalue weighted by Crippen LogP contribution is 2.52. The molecule has 2 fully saturated rings. The van der Waals surface area contributed by atoms with Gasteiger partial charge in [0, 0.05) is 25.7 Å². The molecule has 1 saturated carbocycles. The molecule has 11 heteroatoms. The first-order valence-corrected chi connectivity index (χ1v) is 15.3. The quantitative estimate of drug-likeness (QED) is 0.404. The number of rotatable bonds is 5. The third-order valence-corrected chi connectivity index (χ3v) is 10.7. The summed E-state index contributed by atoms with van der Waals surface area (Å²) < 4.78 is 73.6. The van der Waals surface area contributed by atoms with Crippen LogP contribution in [0.1, 0.15) is 67.6 Å². The van der Waals surface area contributed by atoms with Gasteiger partial charge in [-0.3, -0.25) is 9.21 Å². The van der Waals surface area contributed by atoms with Crippen molar-refractivity contribution in [3.8, 4) is 0 Å². The summed E-state index contributed by atoms with van der Waals surface area (Å²) in [6.45, 7) is 5.80. The number of aromatic nitrogens is 3. The van der Waals surface area contributed by atoms with Crippen molar-refractivity contribution in [3.63, 3.8) is 0 Å². The van der Waals surface area contributed by atoms with E-state index in [-0.39, 0.29) is 17.0 Å². The summed E-state index contributed by atoms with van der Waals surface area (Å²) in [5, 5.41) is 8.42. The normalized spacial score (nSPS) is 26.5. The van der Waals surface area contributed by atoms with Crippen LogP contribution < -0.4 is 4.31 Å².